The zero-order valence-electron chi connectivity index (χ0n) is 16.3. The van der Waals surface area contributed by atoms with E-state index in [1.54, 1.807) is 41.5 Å². The van der Waals surface area contributed by atoms with Crippen LogP contribution in [0.5, 0.6) is 0 Å². The molecular formula is C18H33N3O4. The van der Waals surface area contributed by atoms with Crippen molar-refractivity contribution < 1.29 is 19.1 Å². The molecule has 0 atom stereocenters. The second-order valence-corrected chi connectivity index (χ2v) is 8.64. The van der Waals surface area contributed by atoms with Crippen LogP contribution in [0.15, 0.2) is 4.99 Å². The SMILES string of the molecule is CC(C)(C)OC(=O)C(N=C(N)N)(C(=O)OC(C)(C)C)C1CCCCC1. The molecule has 7 heteroatoms. The van der Waals surface area contributed by atoms with Crippen LogP contribution in [0.4, 0.5) is 0 Å². The molecule has 1 saturated carbocycles. The maximum atomic E-state index is 13.1. The predicted molar refractivity (Wildman–Crippen MR) is 96.8 cm³/mol. The van der Waals surface area contributed by atoms with Crippen molar-refractivity contribution in [2.24, 2.45) is 22.4 Å². The smallest absolute Gasteiger partial charge is 0.346 e. The molecular weight excluding hydrogens is 322 g/mol. The Bertz CT molecular complexity index is 491. The number of esters is 2. The molecule has 0 spiro atoms. The lowest BCUT2D eigenvalue weighted by Crippen LogP contribution is -2.57. The molecule has 4 N–H and O–H groups in total. The predicted octanol–water partition coefficient (Wildman–Crippen LogP) is 2.26. The second-order valence-electron chi connectivity index (χ2n) is 8.64. The minimum absolute atomic E-state index is 0.331. The van der Waals surface area contributed by atoms with Crippen molar-refractivity contribution in [3.8, 4) is 0 Å². The third kappa shape index (κ3) is 5.90. The molecule has 0 bridgehead atoms. The third-order valence-corrected chi connectivity index (χ3v) is 3.92. The molecule has 1 rings (SSSR count). The van der Waals surface area contributed by atoms with Crippen LogP contribution in [0, 0.1) is 5.92 Å². The summed E-state index contributed by atoms with van der Waals surface area (Å²) in [4.78, 5) is 30.3. The van der Waals surface area contributed by atoms with Gasteiger partial charge >= 0.3 is 11.9 Å². The highest BCUT2D eigenvalue weighted by molar-refractivity contribution is 6.07. The first-order valence-electron chi connectivity index (χ1n) is 8.85. The van der Waals surface area contributed by atoms with Gasteiger partial charge < -0.3 is 20.9 Å². The molecule has 7 nitrogen and oxygen atoms in total. The van der Waals surface area contributed by atoms with Gasteiger partial charge in [0.1, 0.15) is 11.2 Å². The van der Waals surface area contributed by atoms with Crippen LogP contribution < -0.4 is 11.5 Å². The summed E-state index contributed by atoms with van der Waals surface area (Å²) in [7, 11) is 0. The van der Waals surface area contributed by atoms with Crippen LogP contribution in [0.25, 0.3) is 0 Å². The molecule has 0 aromatic rings. The van der Waals surface area contributed by atoms with Crippen LogP contribution in [-0.4, -0.2) is 34.6 Å². The number of ether oxygens (including phenoxy) is 2. The molecule has 0 aromatic heterocycles. The van der Waals surface area contributed by atoms with Gasteiger partial charge in [0.05, 0.1) is 0 Å². The van der Waals surface area contributed by atoms with E-state index in [1.165, 1.54) is 0 Å². The van der Waals surface area contributed by atoms with Crippen molar-refractivity contribution in [2.45, 2.75) is 90.4 Å². The number of guanidine groups is 1. The Labute approximate surface area is 150 Å². The first-order valence-corrected chi connectivity index (χ1v) is 8.85. The Morgan fingerprint density at radius 3 is 1.56 bits per heavy atom. The van der Waals surface area contributed by atoms with Gasteiger partial charge in [-0.1, -0.05) is 19.3 Å². The zero-order valence-corrected chi connectivity index (χ0v) is 16.3. The summed E-state index contributed by atoms with van der Waals surface area (Å²) in [6.07, 6.45) is 4.18. The van der Waals surface area contributed by atoms with E-state index in [-0.39, 0.29) is 11.9 Å². The number of hydrogen-bond donors (Lipinski definition) is 2. The van der Waals surface area contributed by atoms with E-state index in [0.717, 1.165) is 19.3 Å². The zero-order chi connectivity index (χ0) is 19.5. The molecule has 1 fully saturated rings. The van der Waals surface area contributed by atoms with Crippen molar-refractivity contribution in [3.63, 3.8) is 0 Å². The van der Waals surface area contributed by atoms with Crippen molar-refractivity contribution in [2.75, 3.05) is 0 Å². The summed E-state index contributed by atoms with van der Waals surface area (Å²) in [6.45, 7) is 10.4. The number of aliphatic imine (C=N–C) groups is 1. The molecule has 0 heterocycles. The standard InChI is InChI=1S/C18H33N3O4/c1-16(2,3)24-13(22)18(21-15(19)20,12-10-8-7-9-11-12)14(23)25-17(4,5)6/h12H,7-11H2,1-6H3,(H4,19,20,21). The molecule has 0 aromatic carbocycles. The van der Waals surface area contributed by atoms with Gasteiger partial charge in [0.15, 0.2) is 5.96 Å². The van der Waals surface area contributed by atoms with Gasteiger partial charge in [-0.15, -0.1) is 0 Å². The lowest BCUT2D eigenvalue weighted by molar-refractivity contribution is -0.180. The molecule has 0 amide bonds. The third-order valence-electron chi connectivity index (χ3n) is 3.92. The van der Waals surface area contributed by atoms with Crippen molar-refractivity contribution >= 4 is 17.9 Å². The molecule has 1 aliphatic rings. The van der Waals surface area contributed by atoms with Gasteiger partial charge in [-0.2, -0.15) is 0 Å². The Morgan fingerprint density at radius 1 is 0.840 bits per heavy atom. The maximum absolute atomic E-state index is 13.1. The van der Waals surface area contributed by atoms with Gasteiger partial charge in [-0.25, -0.2) is 14.6 Å². The minimum atomic E-state index is -1.86. The molecule has 25 heavy (non-hydrogen) atoms. The monoisotopic (exact) mass is 355 g/mol. The van der Waals surface area contributed by atoms with E-state index in [9.17, 15) is 9.59 Å². The first kappa shape index (κ1) is 21.3. The van der Waals surface area contributed by atoms with E-state index >= 15 is 0 Å². The summed E-state index contributed by atoms with van der Waals surface area (Å²) < 4.78 is 11.1. The number of nitrogens with zero attached hydrogens (tertiary/aromatic N) is 1. The van der Waals surface area contributed by atoms with Crippen LogP contribution in [0.1, 0.15) is 73.6 Å². The molecule has 144 valence electrons. The second kappa shape index (κ2) is 7.62. The van der Waals surface area contributed by atoms with E-state index in [0.29, 0.717) is 12.8 Å². The maximum Gasteiger partial charge on any atom is 0.346 e. The number of nitrogens with two attached hydrogens (primary N) is 2. The Kier molecular flexibility index (Phi) is 6.48. The fraction of sp³-hybridized carbons (Fsp3) is 0.833. The highest BCUT2D eigenvalue weighted by atomic mass is 16.6. The highest BCUT2D eigenvalue weighted by Crippen LogP contribution is 2.39. The van der Waals surface area contributed by atoms with Crippen LogP contribution in [-0.2, 0) is 19.1 Å². The van der Waals surface area contributed by atoms with Crippen molar-refractivity contribution in [3.05, 3.63) is 0 Å². The largest absolute Gasteiger partial charge is 0.458 e. The Balaban J connectivity index is 3.44. The van der Waals surface area contributed by atoms with Crippen LogP contribution in [0.3, 0.4) is 0 Å². The number of hydrogen-bond acceptors (Lipinski definition) is 5. The van der Waals surface area contributed by atoms with E-state index in [1.807, 2.05) is 0 Å². The molecule has 0 unspecified atom stereocenters. The van der Waals surface area contributed by atoms with Crippen LogP contribution in [0.2, 0.25) is 0 Å². The lowest BCUT2D eigenvalue weighted by atomic mass is 9.74. The van der Waals surface area contributed by atoms with Crippen molar-refractivity contribution in [1.29, 1.82) is 0 Å². The lowest BCUT2D eigenvalue weighted by Gasteiger charge is -2.38. The summed E-state index contributed by atoms with van der Waals surface area (Å²) >= 11 is 0. The van der Waals surface area contributed by atoms with E-state index in [2.05, 4.69) is 4.99 Å². The van der Waals surface area contributed by atoms with Gasteiger partial charge in [-0.05, 0) is 54.4 Å². The Hall–Kier alpha value is -1.79. The summed E-state index contributed by atoms with van der Waals surface area (Å²) in [5, 5.41) is 0. The molecule has 0 saturated heterocycles. The minimum Gasteiger partial charge on any atom is -0.458 e. The van der Waals surface area contributed by atoms with E-state index in [4.69, 9.17) is 20.9 Å². The highest BCUT2D eigenvalue weighted by Gasteiger charge is 2.57. The summed E-state index contributed by atoms with van der Waals surface area (Å²) in [5.41, 5.74) is 7.78. The average Bonchev–Trinajstić information content (AvgIpc) is 2.41. The molecule has 0 radical (unpaired) electrons. The quantitative estimate of drug-likeness (QED) is 0.346. The first-order chi connectivity index (χ1) is 11.3. The average molecular weight is 355 g/mol. The van der Waals surface area contributed by atoms with E-state index < -0.39 is 28.7 Å². The Morgan fingerprint density at radius 2 is 1.24 bits per heavy atom. The molecule has 1 aliphatic carbocycles. The van der Waals surface area contributed by atoms with Gasteiger partial charge in [0.2, 0.25) is 0 Å². The normalized spacial score (nSPS) is 16.9. The number of carbonyl (C=O) groups excluding carboxylic acids is 2. The van der Waals surface area contributed by atoms with Gasteiger partial charge in [0.25, 0.3) is 5.54 Å². The van der Waals surface area contributed by atoms with Crippen LogP contribution >= 0.6 is 0 Å². The fourth-order valence-corrected chi connectivity index (χ4v) is 3.04. The summed E-state index contributed by atoms with van der Waals surface area (Å²) in [5.74, 6) is -2.19. The summed E-state index contributed by atoms with van der Waals surface area (Å²) in [6, 6.07) is 0. The van der Waals surface area contributed by atoms with Gasteiger partial charge in [0, 0.05) is 5.92 Å². The fourth-order valence-electron chi connectivity index (χ4n) is 3.04. The topological polar surface area (TPSA) is 117 Å². The van der Waals surface area contributed by atoms with Gasteiger partial charge in [-0.3, -0.25) is 0 Å². The molecule has 0 aliphatic heterocycles. The number of rotatable bonds is 4. The van der Waals surface area contributed by atoms with Crippen molar-refractivity contribution in [1.82, 2.24) is 0 Å². The number of carbonyl (C=O) groups is 2.